The lowest BCUT2D eigenvalue weighted by molar-refractivity contribution is 0.0969. The van der Waals surface area contributed by atoms with E-state index < -0.39 is 47.4 Å². The van der Waals surface area contributed by atoms with Crippen LogP contribution in [0.3, 0.4) is 0 Å². The van der Waals surface area contributed by atoms with Gasteiger partial charge < -0.3 is 26.0 Å². The smallest absolute Gasteiger partial charge is 0.332 e. The number of fused-ring (bicyclic) bond motifs is 2. The number of likely N-dealkylation sites (tertiary alicyclic amines) is 2. The van der Waals surface area contributed by atoms with Gasteiger partial charge in [0.1, 0.15) is 23.7 Å². The van der Waals surface area contributed by atoms with Crippen molar-refractivity contribution in [3.8, 4) is 11.8 Å². The van der Waals surface area contributed by atoms with Crippen LogP contribution in [0, 0.1) is 11.3 Å². The fourth-order valence-electron chi connectivity index (χ4n) is 10.1. The standard InChI is InChI=1S/C50H59N13O6/c1-33(2)22-25-58-41-43(54-47(67)61(45(41)65)32-40(64)34-14-6-4-7-15-34)62(48(58)56-23-12-18-37(52)30-56)63-44-42(46(66)59(50(68)55(44)3)26-27-69-39-20-8-5-9-21-39)60(29-36-17-11-10-16-35(36)28-51)49(63)57-24-13-19-38(53)31-57/h4-11,14-17,20-22,37-38,48-49H,12-13,18-19,23-27,29-32,52-53H2,1-3H3,(H,54,67). The maximum atomic E-state index is 15.5. The largest absolute Gasteiger partial charge is 0.492 e. The molecular weight excluding hydrogens is 879 g/mol. The first-order chi connectivity index (χ1) is 33.4. The Morgan fingerprint density at radius 3 is 2.04 bits per heavy atom. The highest BCUT2D eigenvalue weighted by Gasteiger charge is 2.55. The van der Waals surface area contributed by atoms with E-state index in [2.05, 4.69) is 20.9 Å². The maximum Gasteiger partial charge on any atom is 0.332 e. The van der Waals surface area contributed by atoms with Crippen LogP contribution >= 0.6 is 0 Å². The molecule has 0 aliphatic carbocycles. The SMILES string of the molecule is CC(C)=CCN1c2c([nH]c(=O)n(CC(=O)c3ccccc3)c2=O)N(N2c3c(c(=O)n(CCOc4ccccc4)c(=O)n3C)N(Cc3ccccc3C#N)C2N2CCCC(N)C2)C1N1CCCC(N)C1. The number of nitrogens with one attached hydrogen (secondary N) is 1. The molecule has 0 bridgehead atoms. The van der Waals surface area contributed by atoms with Crippen LogP contribution in [0.4, 0.5) is 23.0 Å². The molecule has 69 heavy (non-hydrogen) atoms. The highest BCUT2D eigenvalue weighted by atomic mass is 16.5. The third-order valence-electron chi connectivity index (χ3n) is 13.4. The second kappa shape index (κ2) is 19.8. The number of aromatic nitrogens is 4. The summed E-state index contributed by atoms with van der Waals surface area (Å²) in [5, 5.41) is 14.1. The van der Waals surface area contributed by atoms with Gasteiger partial charge in [0.05, 0.1) is 24.7 Å². The van der Waals surface area contributed by atoms with E-state index in [-0.39, 0.29) is 61.3 Å². The van der Waals surface area contributed by atoms with Gasteiger partial charge in [0.25, 0.3) is 11.1 Å². The van der Waals surface area contributed by atoms with Crippen LogP contribution in [0.15, 0.2) is 116 Å². The van der Waals surface area contributed by atoms with Gasteiger partial charge in [-0.05, 0) is 63.3 Å². The van der Waals surface area contributed by atoms with Crippen molar-refractivity contribution in [2.45, 2.75) is 83.8 Å². The van der Waals surface area contributed by atoms with Crippen molar-refractivity contribution in [2.24, 2.45) is 18.5 Å². The van der Waals surface area contributed by atoms with E-state index in [1.807, 2.05) is 70.1 Å². The zero-order valence-electron chi connectivity index (χ0n) is 39.2. The van der Waals surface area contributed by atoms with Crippen LogP contribution in [-0.4, -0.2) is 98.3 Å². The number of H-pyrrole nitrogens is 1. The summed E-state index contributed by atoms with van der Waals surface area (Å²) in [5.74, 6) is 0.479. The Balaban J connectivity index is 1.30. The highest BCUT2D eigenvalue weighted by molar-refractivity contribution is 5.96. The number of nitrogens with zero attached hydrogens (tertiary/aromatic N) is 10. The van der Waals surface area contributed by atoms with E-state index in [1.54, 1.807) is 61.6 Å². The normalized spacial score (nSPS) is 20.4. The fourth-order valence-corrected chi connectivity index (χ4v) is 10.1. The van der Waals surface area contributed by atoms with E-state index >= 15 is 9.59 Å². The summed E-state index contributed by atoms with van der Waals surface area (Å²) < 4.78 is 9.54. The monoisotopic (exact) mass is 937 g/mol. The van der Waals surface area contributed by atoms with Gasteiger partial charge in [0.2, 0.25) is 0 Å². The second-order valence-electron chi connectivity index (χ2n) is 18.4. The van der Waals surface area contributed by atoms with Gasteiger partial charge in [-0.1, -0.05) is 78.4 Å². The van der Waals surface area contributed by atoms with Crippen molar-refractivity contribution in [3.05, 3.63) is 155 Å². The van der Waals surface area contributed by atoms with Crippen molar-refractivity contribution in [3.63, 3.8) is 0 Å². The lowest BCUT2D eigenvalue weighted by Crippen LogP contribution is -2.69. The Morgan fingerprint density at radius 2 is 1.41 bits per heavy atom. The molecule has 0 spiro atoms. The summed E-state index contributed by atoms with van der Waals surface area (Å²) in [4.78, 5) is 85.1. The van der Waals surface area contributed by atoms with Crippen LogP contribution in [0.1, 0.15) is 61.0 Å². The summed E-state index contributed by atoms with van der Waals surface area (Å²) >= 11 is 0. The number of hydrazine groups is 1. The number of nitrogens with two attached hydrogens (primary N) is 2. The van der Waals surface area contributed by atoms with Gasteiger partial charge in [-0.3, -0.25) is 42.9 Å². The van der Waals surface area contributed by atoms with Gasteiger partial charge in [0.15, 0.2) is 30.0 Å². The number of piperidine rings is 2. The molecule has 5 N–H and O–H groups in total. The summed E-state index contributed by atoms with van der Waals surface area (Å²) in [6.07, 6.45) is 3.20. The maximum absolute atomic E-state index is 15.5. The van der Waals surface area contributed by atoms with Gasteiger partial charge in [0, 0.05) is 64.0 Å². The highest BCUT2D eigenvalue weighted by Crippen LogP contribution is 2.47. The number of aromatic amines is 1. The third-order valence-corrected chi connectivity index (χ3v) is 13.4. The number of hydrogen-bond donors (Lipinski definition) is 3. The van der Waals surface area contributed by atoms with Gasteiger partial charge in [-0.2, -0.15) is 5.26 Å². The van der Waals surface area contributed by atoms with Crippen LogP contribution in [0.5, 0.6) is 5.75 Å². The molecule has 3 aromatic carbocycles. The third kappa shape index (κ3) is 8.99. The van der Waals surface area contributed by atoms with Crippen molar-refractivity contribution < 1.29 is 9.53 Å². The van der Waals surface area contributed by atoms with E-state index in [4.69, 9.17) is 16.2 Å². The molecule has 0 saturated carbocycles. The molecule has 6 heterocycles. The molecule has 9 rings (SSSR count). The first-order valence-electron chi connectivity index (χ1n) is 23.6. The molecule has 4 atom stereocenters. The molecule has 0 radical (unpaired) electrons. The van der Waals surface area contributed by atoms with Gasteiger partial charge in [-0.15, -0.1) is 0 Å². The number of anilines is 4. The first kappa shape index (κ1) is 46.9. The molecule has 4 unspecified atom stereocenters. The molecule has 19 nitrogen and oxygen atoms in total. The molecule has 2 saturated heterocycles. The predicted molar refractivity (Wildman–Crippen MR) is 264 cm³/mol. The number of ether oxygens (including phenoxy) is 1. The number of para-hydroxylation sites is 1. The average molecular weight is 938 g/mol. The molecule has 2 fully saturated rings. The minimum atomic E-state index is -0.907. The van der Waals surface area contributed by atoms with Crippen molar-refractivity contribution in [1.29, 1.82) is 5.26 Å². The van der Waals surface area contributed by atoms with Crippen molar-refractivity contribution in [2.75, 3.05) is 59.1 Å². The molecule has 19 heteroatoms. The number of allylic oxidation sites excluding steroid dienone is 1. The topological polar surface area (TPSA) is 220 Å². The van der Waals surface area contributed by atoms with Crippen LogP contribution < -0.4 is 58.5 Å². The van der Waals surface area contributed by atoms with Crippen molar-refractivity contribution in [1.82, 2.24) is 28.5 Å². The number of carbonyl (C=O) groups is 1. The van der Waals surface area contributed by atoms with Gasteiger partial charge in [-0.25, -0.2) is 19.6 Å². The van der Waals surface area contributed by atoms with E-state index in [1.165, 1.54) is 4.57 Å². The van der Waals surface area contributed by atoms with E-state index in [0.29, 0.717) is 48.6 Å². The minimum absolute atomic E-state index is 0.0136. The van der Waals surface area contributed by atoms with Crippen LogP contribution in [0.25, 0.3) is 0 Å². The zero-order chi connectivity index (χ0) is 48.5. The van der Waals surface area contributed by atoms with E-state index in [9.17, 15) is 19.6 Å². The fraction of sp³-hybridized carbons (Fsp3) is 0.400. The molecule has 4 aliphatic heterocycles. The summed E-state index contributed by atoms with van der Waals surface area (Å²) in [6, 6.07) is 26.6. The van der Waals surface area contributed by atoms with Gasteiger partial charge >= 0.3 is 11.4 Å². The second-order valence-corrected chi connectivity index (χ2v) is 18.4. The summed E-state index contributed by atoms with van der Waals surface area (Å²) in [6.45, 7) is 5.48. The Morgan fingerprint density at radius 1 is 0.797 bits per heavy atom. The van der Waals surface area contributed by atoms with E-state index in [0.717, 1.165) is 40.4 Å². The Hall–Kier alpha value is -7.24. The van der Waals surface area contributed by atoms with Crippen LogP contribution in [-0.2, 0) is 26.7 Å². The lowest BCUT2D eigenvalue weighted by atomic mass is 10.1. The Labute approximate surface area is 399 Å². The van der Waals surface area contributed by atoms with Crippen LogP contribution in [0.2, 0.25) is 0 Å². The summed E-state index contributed by atoms with van der Waals surface area (Å²) in [7, 11) is 1.60. The Bertz CT molecular complexity index is 3030. The number of Topliss-reactive ketones (excluding diaryl/α,β-unsaturated/α-hetero) is 1. The number of rotatable bonds is 14. The molecule has 5 aromatic rings. The molecule has 360 valence electrons. The zero-order valence-corrected chi connectivity index (χ0v) is 39.2. The number of carbonyl (C=O) groups excluding carboxylic acids is 1. The number of ketones is 1. The molecule has 2 aromatic heterocycles. The first-order valence-corrected chi connectivity index (χ1v) is 23.6. The predicted octanol–water partition coefficient (Wildman–Crippen LogP) is 2.68. The van der Waals surface area contributed by atoms with Crippen molar-refractivity contribution >= 4 is 28.8 Å². The molecule has 4 aliphatic rings. The summed E-state index contributed by atoms with van der Waals surface area (Å²) in [5.41, 5.74) is 13.5. The number of benzene rings is 3. The Kier molecular flexibility index (Phi) is 13.4. The minimum Gasteiger partial charge on any atom is -0.492 e. The molecule has 0 amide bonds. The quantitative estimate of drug-likeness (QED) is 0.108. The number of hydrogen-bond acceptors (Lipinski definition) is 15. The lowest BCUT2D eigenvalue weighted by Gasteiger charge is -2.50. The number of nitriles is 1. The average Bonchev–Trinajstić information content (AvgIpc) is 3.85. The molecular formula is C50H59N13O6.